The Balaban J connectivity index is 1.11. The number of para-hydroxylation sites is 2. The lowest BCUT2D eigenvalue weighted by Gasteiger charge is -2.18. The van der Waals surface area contributed by atoms with E-state index in [1.54, 1.807) is 0 Å². The molecule has 4 aromatic heterocycles. The SMILES string of the molecule is c1ccc(-c2nc(-c3ccccc3)nc(-c3cc(-c4c(-c5ccccc5)cccc4-c4ccccc4)cnc3-c3cccc4c3sc3ccc5c(c6ccccc6n5-c5ccccc5)c34)n2)cc1. The van der Waals surface area contributed by atoms with Crippen LogP contribution in [0.4, 0.5) is 0 Å². The van der Waals surface area contributed by atoms with Crippen LogP contribution in [0.25, 0.3) is 126 Å². The molecule has 13 rings (SSSR count). The number of benzene rings is 9. The quantitative estimate of drug-likeness (QED) is 0.153. The zero-order valence-electron chi connectivity index (χ0n) is 36.7. The molecule has 0 amide bonds. The van der Waals surface area contributed by atoms with E-state index < -0.39 is 0 Å². The number of thiophene rings is 1. The monoisotopic (exact) mass is 885 g/mol. The highest BCUT2D eigenvalue weighted by molar-refractivity contribution is 7.26. The Morgan fingerprint density at radius 2 is 0.868 bits per heavy atom. The van der Waals surface area contributed by atoms with Crippen molar-refractivity contribution < 1.29 is 0 Å². The van der Waals surface area contributed by atoms with Gasteiger partial charge in [-0.2, -0.15) is 0 Å². The predicted octanol–water partition coefficient (Wildman–Crippen LogP) is 16.4. The summed E-state index contributed by atoms with van der Waals surface area (Å²) in [4.78, 5) is 21.4. The molecule has 318 valence electrons. The molecule has 9 aromatic carbocycles. The first-order valence-electron chi connectivity index (χ1n) is 22.8. The van der Waals surface area contributed by atoms with Gasteiger partial charge < -0.3 is 4.57 Å². The summed E-state index contributed by atoms with van der Waals surface area (Å²) in [6, 6.07) is 81.1. The molecule has 68 heavy (non-hydrogen) atoms. The van der Waals surface area contributed by atoms with Crippen molar-refractivity contribution in [3.63, 3.8) is 0 Å². The third-order valence-corrected chi connectivity index (χ3v) is 14.1. The Hall–Kier alpha value is -8.84. The van der Waals surface area contributed by atoms with Gasteiger partial charge >= 0.3 is 0 Å². The minimum Gasteiger partial charge on any atom is -0.309 e. The molecule has 0 unspecified atom stereocenters. The van der Waals surface area contributed by atoms with Gasteiger partial charge in [0.05, 0.1) is 16.7 Å². The van der Waals surface area contributed by atoms with E-state index in [9.17, 15) is 0 Å². The molecule has 0 atom stereocenters. The maximum Gasteiger partial charge on any atom is 0.166 e. The van der Waals surface area contributed by atoms with Crippen LogP contribution in [-0.2, 0) is 0 Å². The maximum atomic E-state index is 5.55. The zero-order chi connectivity index (χ0) is 45.0. The number of pyridine rings is 1. The molecule has 0 saturated carbocycles. The molecule has 0 fully saturated rings. The second-order valence-electron chi connectivity index (χ2n) is 16.9. The lowest BCUT2D eigenvalue weighted by atomic mass is 9.87. The molecular weight excluding hydrogens is 847 g/mol. The van der Waals surface area contributed by atoms with Gasteiger partial charge in [0.1, 0.15) is 0 Å². The number of hydrogen-bond donors (Lipinski definition) is 0. The van der Waals surface area contributed by atoms with E-state index in [0.29, 0.717) is 17.5 Å². The molecule has 0 aliphatic carbocycles. The lowest BCUT2D eigenvalue weighted by molar-refractivity contribution is 1.07. The average molecular weight is 886 g/mol. The Bertz CT molecular complexity index is 3880. The summed E-state index contributed by atoms with van der Waals surface area (Å²) in [7, 11) is 0. The lowest BCUT2D eigenvalue weighted by Crippen LogP contribution is -2.02. The van der Waals surface area contributed by atoms with Crippen LogP contribution >= 0.6 is 11.3 Å². The van der Waals surface area contributed by atoms with Gasteiger partial charge in [0, 0.05) is 70.6 Å². The van der Waals surface area contributed by atoms with Gasteiger partial charge in [-0.05, 0) is 64.2 Å². The van der Waals surface area contributed by atoms with Gasteiger partial charge in [-0.25, -0.2) is 15.0 Å². The van der Waals surface area contributed by atoms with Crippen LogP contribution in [0.5, 0.6) is 0 Å². The van der Waals surface area contributed by atoms with Crippen molar-refractivity contribution in [1.82, 2.24) is 24.5 Å². The van der Waals surface area contributed by atoms with E-state index in [1.165, 1.54) is 37.3 Å². The number of rotatable bonds is 8. The largest absolute Gasteiger partial charge is 0.309 e. The Morgan fingerprint density at radius 1 is 0.353 bits per heavy atom. The molecule has 13 aromatic rings. The summed E-state index contributed by atoms with van der Waals surface area (Å²) in [5.41, 5.74) is 14.5. The van der Waals surface area contributed by atoms with Gasteiger partial charge in [-0.1, -0.05) is 194 Å². The first-order chi connectivity index (χ1) is 33.7. The Labute approximate surface area is 397 Å². The van der Waals surface area contributed by atoms with Gasteiger partial charge in [0.15, 0.2) is 17.5 Å². The molecule has 0 saturated heterocycles. The van der Waals surface area contributed by atoms with Crippen LogP contribution in [0.15, 0.2) is 237 Å². The predicted molar refractivity (Wildman–Crippen MR) is 283 cm³/mol. The normalized spacial score (nSPS) is 11.5. The van der Waals surface area contributed by atoms with Crippen molar-refractivity contribution in [1.29, 1.82) is 0 Å². The van der Waals surface area contributed by atoms with Gasteiger partial charge in [-0.15, -0.1) is 11.3 Å². The summed E-state index contributed by atoms with van der Waals surface area (Å²) in [5, 5.41) is 4.91. The number of fused-ring (bicyclic) bond motifs is 7. The molecule has 0 radical (unpaired) electrons. The van der Waals surface area contributed by atoms with Crippen molar-refractivity contribution in [3.8, 4) is 84.5 Å². The smallest absolute Gasteiger partial charge is 0.166 e. The fourth-order valence-electron chi connectivity index (χ4n) is 9.88. The van der Waals surface area contributed by atoms with Crippen molar-refractivity contribution in [2.24, 2.45) is 0 Å². The van der Waals surface area contributed by atoms with Crippen LogP contribution in [0, 0.1) is 0 Å². The third-order valence-electron chi connectivity index (χ3n) is 12.9. The summed E-state index contributed by atoms with van der Waals surface area (Å²) < 4.78 is 4.77. The second kappa shape index (κ2) is 16.5. The minimum absolute atomic E-state index is 0.548. The summed E-state index contributed by atoms with van der Waals surface area (Å²) >= 11 is 1.81. The fourth-order valence-corrected chi connectivity index (χ4v) is 11.1. The van der Waals surface area contributed by atoms with Crippen molar-refractivity contribution >= 4 is 53.3 Å². The summed E-state index contributed by atoms with van der Waals surface area (Å²) in [6.07, 6.45) is 2.04. The average Bonchev–Trinajstić information content (AvgIpc) is 3.98. The molecule has 5 nitrogen and oxygen atoms in total. The van der Waals surface area contributed by atoms with Crippen molar-refractivity contribution in [3.05, 3.63) is 237 Å². The van der Waals surface area contributed by atoms with Crippen LogP contribution in [0.3, 0.4) is 0 Å². The third kappa shape index (κ3) is 6.69. The number of hydrogen-bond acceptors (Lipinski definition) is 5. The number of aromatic nitrogens is 5. The maximum absolute atomic E-state index is 5.55. The van der Waals surface area contributed by atoms with Gasteiger partial charge in [-0.3, -0.25) is 4.98 Å². The zero-order valence-corrected chi connectivity index (χ0v) is 37.5. The highest BCUT2D eigenvalue weighted by atomic mass is 32.1. The molecule has 0 aliphatic heterocycles. The first kappa shape index (κ1) is 39.5. The molecule has 0 aliphatic rings. The van der Waals surface area contributed by atoms with Gasteiger partial charge in [0.2, 0.25) is 0 Å². The van der Waals surface area contributed by atoms with Crippen LogP contribution in [0.1, 0.15) is 0 Å². The van der Waals surface area contributed by atoms with E-state index in [-0.39, 0.29) is 0 Å². The first-order valence-corrected chi connectivity index (χ1v) is 23.6. The van der Waals surface area contributed by atoms with E-state index in [2.05, 4.69) is 199 Å². The fraction of sp³-hybridized carbons (Fsp3) is 0. The molecule has 0 N–H and O–H groups in total. The molecule has 0 bridgehead atoms. The summed E-state index contributed by atoms with van der Waals surface area (Å²) in [6.45, 7) is 0. The molecule has 4 heterocycles. The molecule has 0 spiro atoms. The van der Waals surface area contributed by atoms with E-state index in [1.807, 2.05) is 53.9 Å². The molecular formula is C62H39N5S. The topological polar surface area (TPSA) is 56.5 Å². The van der Waals surface area contributed by atoms with Gasteiger partial charge in [0.25, 0.3) is 0 Å². The van der Waals surface area contributed by atoms with Crippen molar-refractivity contribution in [2.45, 2.75) is 0 Å². The Kier molecular flexibility index (Phi) is 9.62. The number of nitrogens with zero attached hydrogens (tertiary/aromatic N) is 5. The highest BCUT2D eigenvalue weighted by Crippen LogP contribution is 2.48. The van der Waals surface area contributed by atoms with E-state index in [0.717, 1.165) is 71.7 Å². The van der Waals surface area contributed by atoms with Crippen LogP contribution < -0.4 is 0 Å². The van der Waals surface area contributed by atoms with Crippen LogP contribution in [-0.4, -0.2) is 24.5 Å². The van der Waals surface area contributed by atoms with E-state index in [4.69, 9.17) is 19.9 Å². The Morgan fingerprint density at radius 3 is 1.50 bits per heavy atom. The van der Waals surface area contributed by atoms with Crippen LogP contribution in [0.2, 0.25) is 0 Å². The van der Waals surface area contributed by atoms with E-state index >= 15 is 0 Å². The molecule has 6 heteroatoms. The van der Waals surface area contributed by atoms with Crippen molar-refractivity contribution in [2.75, 3.05) is 0 Å². The second-order valence-corrected chi connectivity index (χ2v) is 18.0. The highest BCUT2D eigenvalue weighted by Gasteiger charge is 2.24. The minimum atomic E-state index is 0.548. The summed E-state index contributed by atoms with van der Waals surface area (Å²) in [5.74, 6) is 1.74. The standard InChI is InChI=1S/C62H39N5S/c1-6-20-40(21-7-1)46-31-18-32-47(41-22-8-2-9-23-41)55(46)44-38-51(62-65-60(42-24-10-3-11-25-42)64-61(66-62)43-26-12-4-13-27-43)58(63-39-44)50-34-19-33-49-57-54(68-59(49)50)37-36-53-56(57)48-30-16-17-35-52(48)67(53)45-28-14-5-15-29-45/h1-39H.